The lowest BCUT2D eigenvalue weighted by Crippen LogP contribution is -2.41. The summed E-state index contributed by atoms with van der Waals surface area (Å²) < 4.78 is 16.4. The van der Waals surface area contributed by atoms with Crippen LogP contribution in [0.3, 0.4) is 0 Å². The van der Waals surface area contributed by atoms with Crippen molar-refractivity contribution >= 4 is 29.2 Å². The van der Waals surface area contributed by atoms with Crippen LogP contribution in [-0.2, 0) is 14.3 Å². The van der Waals surface area contributed by atoms with Gasteiger partial charge in [-0.1, -0.05) is 26.0 Å². The third-order valence-corrected chi connectivity index (χ3v) is 5.31. The molecule has 2 amide bonds. The number of benzene rings is 2. The summed E-state index contributed by atoms with van der Waals surface area (Å²) in [6.07, 6.45) is 1.04. The number of fused-ring (bicyclic) bond motifs is 1. The highest BCUT2D eigenvalue weighted by Gasteiger charge is 2.30. The van der Waals surface area contributed by atoms with Gasteiger partial charge in [0.15, 0.2) is 18.1 Å². The Labute approximate surface area is 193 Å². The molecule has 1 N–H and O–H groups in total. The second-order valence-electron chi connectivity index (χ2n) is 8.35. The average molecular weight is 455 g/mol. The molecule has 2 aromatic rings. The lowest BCUT2D eigenvalue weighted by molar-refractivity contribution is -0.122. The van der Waals surface area contributed by atoms with Crippen molar-refractivity contribution in [2.75, 3.05) is 30.5 Å². The molecule has 1 unspecified atom stereocenters. The fourth-order valence-electron chi connectivity index (χ4n) is 3.57. The van der Waals surface area contributed by atoms with E-state index in [0.29, 0.717) is 35.4 Å². The highest BCUT2D eigenvalue weighted by molar-refractivity contribution is 6.05. The minimum absolute atomic E-state index is 0.143. The zero-order valence-corrected chi connectivity index (χ0v) is 19.4. The Balaban J connectivity index is 1.68. The third kappa shape index (κ3) is 6.03. The molecule has 0 fully saturated rings. The van der Waals surface area contributed by atoms with Crippen molar-refractivity contribution in [2.45, 2.75) is 39.7 Å². The summed E-state index contributed by atoms with van der Waals surface area (Å²) in [6, 6.07) is 11.4. The first kappa shape index (κ1) is 24.1. The van der Waals surface area contributed by atoms with Gasteiger partial charge in [0.2, 0.25) is 5.91 Å². The van der Waals surface area contributed by atoms with Gasteiger partial charge in [0.1, 0.15) is 0 Å². The van der Waals surface area contributed by atoms with Crippen LogP contribution < -0.4 is 19.7 Å². The molecule has 0 aliphatic carbocycles. The van der Waals surface area contributed by atoms with Gasteiger partial charge in [-0.3, -0.25) is 9.59 Å². The quantitative estimate of drug-likeness (QED) is 0.605. The van der Waals surface area contributed by atoms with Gasteiger partial charge in [0.05, 0.1) is 30.7 Å². The molecule has 0 spiro atoms. The Morgan fingerprint density at radius 2 is 1.91 bits per heavy atom. The number of nitrogens with zero attached hydrogens (tertiary/aromatic N) is 1. The highest BCUT2D eigenvalue weighted by Crippen LogP contribution is 2.32. The van der Waals surface area contributed by atoms with E-state index in [4.69, 9.17) is 14.2 Å². The van der Waals surface area contributed by atoms with Crippen LogP contribution in [0.15, 0.2) is 42.5 Å². The summed E-state index contributed by atoms with van der Waals surface area (Å²) in [7, 11) is 1.50. The van der Waals surface area contributed by atoms with Crippen molar-refractivity contribution in [3.63, 3.8) is 0 Å². The monoisotopic (exact) mass is 454 g/mol. The number of carbonyl (C=O) groups is 3. The highest BCUT2D eigenvalue weighted by atomic mass is 16.5. The van der Waals surface area contributed by atoms with Gasteiger partial charge < -0.3 is 24.4 Å². The minimum atomic E-state index is -0.652. The van der Waals surface area contributed by atoms with Gasteiger partial charge in [-0.05, 0) is 49.6 Å². The average Bonchev–Trinajstić information content (AvgIpc) is 2.91. The van der Waals surface area contributed by atoms with Crippen LogP contribution in [-0.4, -0.2) is 44.1 Å². The summed E-state index contributed by atoms with van der Waals surface area (Å²) in [5.74, 6) is 0.221. The third-order valence-electron chi connectivity index (χ3n) is 5.31. The molecular formula is C25H30N2O6. The standard InChI is InChI=1S/C25H30N2O6/c1-16(2)11-12-32-21-10-9-18(14-22(21)31-4)25(30)33-15-24(29)27-17(3)13-23(28)26-19-7-5-6-8-20(19)27/h5-10,14,16-17H,11-13,15H2,1-4H3,(H,26,28). The number of hydrogen-bond acceptors (Lipinski definition) is 6. The fourth-order valence-corrected chi connectivity index (χ4v) is 3.57. The minimum Gasteiger partial charge on any atom is -0.493 e. The van der Waals surface area contributed by atoms with Gasteiger partial charge in [0.25, 0.3) is 5.91 Å². The van der Waals surface area contributed by atoms with Crippen LogP contribution >= 0.6 is 0 Å². The first-order chi connectivity index (χ1) is 15.8. The van der Waals surface area contributed by atoms with Crippen LogP contribution in [0.5, 0.6) is 11.5 Å². The number of rotatable bonds is 8. The maximum Gasteiger partial charge on any atom is 0.338 e. The van der Waals surface area contributed by atoms with Gasteiger partial charge in [-0.2, -0.15) is 0 Å². The van der Waals surface area contributed by atoms with E-state index in [1.165, 1.54) is 18.1 Å². The second-order valence-corrected chi connectivity index (χ2v) is 8.35. The van der Waals surface area contributed by atoms with Gasteiger partial charge in [-0.25, -0.2) is 4.79 Å². The van der Waals surface area contributed by atoms with Crippen molar-refractivity contribution in [3.8, 4) is 11.5 Å². The number of amides is 2. The summed E-state index contributed by atoms with van der Waals surface area (Å²) in [5, 5.41) is 2.80. The predicted octanol–water partition coefficient (Wildman–Crippen LogP) is 4.04. The zero-order valence-electron chi connectivity index (χ0n) is 19.4. The fraction of sp³-hybridized carbons (Fsp3) is 0.400. The molecule has 1 atom stereocenters. The van der Waals surface area contributed by atoms with Gasteiger partial charge in [0, 0.05) is 12.5 Å². The summed E-state index contributed by atoms with van der Waals surface area (Å²) in [4.78, 5) is 39.2. The Morgan fingerprint density at radius 3 is 2.64 bits per heavy atom. The number of hydrogen-bond donors (Lipinski definition) is 1. The summed E-state index contributed by atoms with van der Waals surface area (Å²) in [6.45, 7) is 6.09. The number of esters is 1. The Hall–Kier alpha value is -3.55. The van der Waals surface area contributed by atoms with E-state index in [0.717, 1.165) is 6.42 Å². The van der Waals surface area contributed by atoms with Crippen molar-refractivity contribution < 1.29 is 28.6 Å². The zero-order chi connectivity index (χ0) is 24.0. The van der Waals surface area contributed by atoms with Gasteiger partial charge >= 0.3 is 5.97 Å². The van der Waals surface area contributed by atoms with Crippen molar-refractivity contribution in [1.82, 2.24) is 0 Å². The van der Waals surface area contributed by atoms with Crippen molar-refractivity contribution in [2.24, 2.45) is 5.92 Å². The lowest BCUT2D eigenvalue weighted by atomic mass is 10.1. The second kappa shape index (κ2) is 10.8. The van der Waals surface area contributed by atoms with E-state index in [1.807, 2.05) is 0 Å². The number of methoxy groups -OCH3 is 1. The van der Waals surface area contributed by atoms with Gasteiger partial charge in [-0.15, -0.1) is 0 Å². The smallest absolute Gasteiger partial charge is 0.338 e. The molecule has 1 heterocycles. The predicted molar refractivity (Wildman–Crippen MR) is 125 cm³/mol. The van der Waals surface area contributed by atoms with E-state index in [2.05, 4.69) is 19.2 Å². The number of carbonyl (C=O) groups excluding carboxylic acids is 3. The number of anilines is 2. The van der Waals surface area contributed by atoms with E-state index in [9.17, 15) is 14.4 Å². The molecule has 0 aromatic heterocycles. The Kier molecular flexibility index (Phi) is 7.92. The topological polar surface area (TPSA) is 94.2 Å². The summed E-state index contributed by atoms with van der Waals surface area (Å²) >= 11 is 0. The Morgan fingerprint density at radius 1 is 1.15 bits per heavy atom. The first-order valence-corrected chi connectivity index (χ1v) is 11.0. The molecule has 0 saturated heterocycles. The number of para-hydroxylation sites is 2. The van der Waals surface area contributed by atoms with Crippen LogP contribution in [0.25, 0.3) is 0 Å². The maximum absolute atomic E-state index is 13.0. The lowest BCUT2D eigenvalue weighted by Gasteiger charge is -2.27. The molecule has 8 heteroatoms. The molecule has 33 heavy (non-hydrogen) atoms. The maximum atomic E-state index is 13.0. The molecule has 2 aromatic carbocycles. The Bertz CT molecular complexity index is 1020. The van der Waals surface area contributed by atoms with E-state index >= 15 is 0 Å². The molecular weight excluding hydrogens is 424 g/mol. The normalized spacial score (nSPS) is 15.4. The van der Waals surface area contributed by atoms with Crippen LogP contribution in [0.1, 0.15) is 44.0 Å². The number of nitrogens with one attached hydrogen (secondary N) is 1. The van der Waals surface area contributed by atoms with E-state index in [-0.39, 0.29) is 23.9 Å². The van der Waals surface area contributed by atoms with Crippen LogP contribution in [0.2, 0.25) is 0 Å². The van der Waals surface area contributed by atoms with E-state index in [1.54, 1.807) is 43.3 Å². The first-order valence-electron chi connectivity index (χ1n) is 11.0. The summed E-state index contributed by atoms with van der Waals surface area (Å²) in [5.41, 5.74) is 1.36. The van der Waals surface area contributed by atoms with Crippen molar-refractivity contribution in [3.05, 3.63) is 48.0 Å². The molecule has 1 aliphatic heterocycles. The SMILES string of the molecule is COc1cc(C(=O)OCC(=O)N2c3ccccc3NC(=O)CC2C)ccc1OCCC(C)C. The van der Waals surface area contributed by atoms with E-state index < -0.39 is 18.5 Å². The largest absolute Gasteiger partial charge is 0.493 e. The molecule has 3 rings (SSSR count). The van der Waals surface area contributed by atoms with Crippen LogP contribution in [0.4, 0.5) is 11.4 Å². The molecule has 1 aliphatic rings. The molecule has 8 nitrogen and oxygen atoms in total. The molecule has 176 valence electrons. The molecule has 0 bridgehead atoms. The van der Waals surface area contributed by atoms with Crippen LogP contribution in [0, 0.1) is 5.92 Å². The molecule has 0 radical (unpaired) electrons. The number of ether oxygens (including phenoxy) is 3. The molecule has 0 saturated carbocycles. The van der Waals surface area contributed by atoms with Crippen molar-refractivity contribution in [1.29, 1.82) is 0 Å².